The van der Waals surface area contributed by atoms with Crippen LogP contribution in [-0.4, -0.2) is 12.6 Å². The van der Waals surface area contributed by atoms with Crippen LogP contribution in [0.4, 0.5) is 0 Å². The number of hydrogen-bond donors (Lipinski definition) is 0. The van der Waals surface area contributed by atoms with Gasteiger partial charge in [-0.05, 0) is 18.8 Å². The maximum atomic E-state index is 10.8. The molecule has 0 aromatic rings. The molecule has 0 saturated heterocycles. The van der Waals surface area contributed by atoms with Crippen molar-refractivity contribution in [1.29, 1.82) is 0 Å². The van der Waals surface area contributed by atoms with E-state index in [1.54, 1.807) is 0 Å². The van der Waals surface area contributed by atoms with Crippen molar-refractivity contribution in [3.8, 4) is 0 Å². The summed E-state index contributed by atoms with van der Waals surface area (Å²) >= 11 is 0. The van der Waals surface area contributed by atoms with Crippen LogP contribution in [0.25, 0.3) is 0 Å². The SMILES string of the molecule is C[C@]1(C=O)CCC=C[C@H]1CC=O. The predicted octanol–water partition coefficient (Wildman–Crippen LogP) is 1.75. The smallest absolute Gasteiger partial charge is 0.126 e. The summed E-state index contributed by atoms with van der Waals surface area (Å²) in [4.78, 5) is 21.1. The third-order valence-electron chi connectivity index (χ3n) is 2.68. The molecule has 0 N–H and O–H groups in total. The summed E-state index contributed by atoms with van der Waals surface area (Å²) in [5.41, 5.74) is -0.310. The summed E-state index contributed by atoms with van der Waals surface area (Å²) in [7, 11) is 0. The molecule has 1 aliphatic carbocycles. The Hall–Kier alpha value is -0.920. The van der Waals surface area contributed by atoms with Gasteiger partial charge in [0, 0.05) is 11.8 Å². The zero-order valence-corrected chi connectivity index (χ0v) is 7.32. The maximum absolute atomic E-state index is 10.8. The molecular weight excluding hydrogens is 152 g/mol. The molecule has 2 atom stereocenters. The molecule has 0 fully saturated rings. The monoisotopic (exact) mass is 166 g/mol. The van der Waals surface area contributed by atoms with E-state index in [-0.39, 0.29) is 11.3 Å². The predicted molar refractivity (Wildman–Crippen MR) is 46.7 cm³/mol. The van der Waals surface area contributed by atoms with Gasteiger partial charge in [0.1, 0.15) is 12.6 Å². The number of aldehydes is 2. The number of carbonyl (C=O) groups excluding carboxylic acids is 2. The molecule has 0 radical (unpaired) electrons. The van der Waals surface area contributed by atoms with Crippen LogP contribution in [0.3, 0.4) is 0 Å². The number of rotatable bonds is 3. The Morgan fingerprint density at radius 2 is 2.33 bits per heavy atom. The fourth-order valence-electron chi connectivity index (χ4n) is 1.66. The summed E-state index contributed by atoms with van der Waals surface area (Å²) in [6.45, 7) is 1.93. The van der Waals surface area contributed by atoms with E-state index in [9.17, 15) is 9.59 Å². The first-order chi connectivity index (χ1) is 5.73. The Kier molecular flexibility index (Phi) is 2.79. The van der Waals surface area contributed by atoms with E-state index in [4.69, 9.17) is 0 Å². The summed E-state index contributed by atoms with van der Waals surface area (Å²) in [6.07, 6.45) is 8.21. The molecule has 12 heavy (non-hydrogen) atoms. The number of allylic oxidation sites excluding steroid dienone is 2. The quantitative estimate of drug-likeness (QED) is 0.473. The van der Waals surface area contributed by atoms with Gasteiger partial charge < -0.3 is 9.59 Å². The average molecular weight is 166 g/mol. The average Bonchev–Trinajstić information content (AvgIpc) is 2.10. The first-order valence-corrected chi connectivity index (χ1v) is 4.29. The van der Waals surface area contributed by atoms with E-state index in [0.29, 0.717) is 6.42 Å². The molecule has 0 bridgehead atoms. The van der Waals surface area contributed by atoms with Crippen LogP contribution in [0, 0.1) is 11.3 Å². The molecule has 0 aromatic carbocycles. The van der Waals surface area contributed by atoms with Crippen LogP contribution < -0.4 is 0 Å². The standard InChI is InChI=1S/C10H14O2/c1-10(8-12)6-3-2-4-9(10)5-7-11/h2,4,7-9H,3,5-6H2,1H3/t9-,10+/m0/s1. The summed E-state index contributed by atoms with van der Waals surface area (Å²) in [5.74, 6) is 0.112. The van der Waals surface area contributed by atoms with Crippen LogP contribution >= 0.6 is 0 Å². The minimum Gasteiger partial charge on any atom is -0.303 e. The van der Waals surface area contributed by atoms with Gasteiger partial charge >= 0.3 is 0 Å². The second-order valence-electron chi connectivity index (χ2n) is 3.60. The van der Waals surface area contributed by atoms with Gasteiger partial charge in [-0.2, -0.15) is 0 Å². The lowest BCUT2D eigenvalue weighted by Gasteiger charge is -2.32. The number of hydrogen-bond acceptors (Lipinski definition) is 2. The Labute approximate surface area is 72.7 Å². The van der Waals surface area contributed by atoms with Crippen LogP contribution in [0.5, 0.6) is 0 Å². The Balaban J connectivity index is 2.77. The Morgan fingerprint density at radius 1 is 1.58 bits per heavy atom. The summed E-state index contributed by atoms with van der Waals surface area (Å²) in [5, 5.41) is 0. The van der Waals surface area contributed by atoms with Gasteiger partial charge in [0.05, 0.1) is 0 Å². The van der Waals surface area contributed by atoms with E-state index in [0.717, 1.165) is 25.4 Å². The maximum Gasteiger partial charge on any atom is 0.126 e. The minimum absolute atomic E-state index is 0.112. The Morgan fingerprint density at radius 3 is 2.92 bits per heavy atom. The highest BCUT2D eigenvalue weighted by atomic mass is 16.1. The van der Waals surface area contributed by atoms with E-state index < -0.39 is 0 Å². The normalized spacial score (nSPS) is 34.6. The topological polar surface area (TPSA) is 34.1 Å². The molecule has 0 spiro atoms. The molecule has 66 valence electrons. The molecular formula is C10H14O2. The summed E-state index contributed by atoms with van der Waals surface area (Å²) < 4.78 is 0. The zero-order chi connectivity index (χ0) is 9.03. The van der Waals surface area contributed by atoms with Crippen molar-refractivity contribution in [3.63, 3.8) is 0 Å². The highest BCUT2D eigenvalue weighted by Gasteiger charge is 2.33. The highest BCUT2D eigenvalue weighted by molar-refractivity contribution is 5.62. The second-order valence-corrected chi connectivity index (χ2v) is 3.60. The molecule has 0 aliphatic heterocycles. The van der Waals surface area contributed by atoms with Gasteiger partial charge in [-0.1, -0.05) is 19.1 Å². The lowest BCUT2D eigenvalue weighted by Crippen LogP contribution is -2.30. The molecule has 0 aromatic heterocycles. The zero-order valence-electron chi connectivity index (χ0n) is 7.32. The highest BCUT2D eigenvalue weighted by Crippen LogP contribution is 2.36. The van der Waals surface area contributed by atoms with E-state index in [2.05, 4.69) is 6.08 Å². The van der Waals surface area contributed by atoms with Gasteiger partial charge in [-0.3, -0.25) is 0 Å². The van der Waals surface area contributed by atoms with Crippen LogP contribution in [-0.2, 0) is 9.59 Å². The first-order valence-electron chi connectivity index (χ1n) is 4.29. The van der Waals surface area contributed by atoms with Crippen molar-refractivity contribution in [2.75, 3.05) is 0 Å². The van der Waals surface area contributed by atoms with Crippen LogP contribution in [0.2, 0.25) is 0 Å². The Bertz CT molecular complexity index is 208. The van der Waals surface area contributed by atoms with Gasteiger partial charge in [0.15, 0.2) is 0 Å². The van der Waals surface area contributed by atoms with Crippen molar-refractivity contribution in [2.24, 2.45) is 11.3 Å². The number of carbonyl (C=O) groups is 2. The molecule has 2 nitrogen and oxygen atoms in total. The third-order valence-corrected chi connectivity index (χ3v) is 2.68. The fraction of sp³-hybridized carbons (Fsp3) is 0.600. The lowest BCUT2D eigenvalue weighted by molar-refractivity contribution is -0.118. The molecule has 0 unspecified atom stereocenters. The lowest BCUT2D eigenvalue weighted by atomic mass is 9.71. The van der Waals surface area contributed by atoms with Crippen LogP contribution in [0.1, 0.15) is 26.2 Å². The fourth-order valence-corrected chi connectivity index (χ4v) is 1.66. The van der Waals surface area contributed by atoms with E-state index in [1.165, 1.54) is 0 Å². The second kappa shape index (κ2) is 3.65. The van der Waals surface area contributed by atoms with Crippen molar-refractivity contribution >= 4 is 12.6 Å². The van der Waals surface area contributed by atoms with Crippen molar-refractivity contribution in [2.45, 2.75) is 26.2 Å². The molecule has 1 rings (SSSR count). The molecule has 2 heteroatoms. The first kappa shape index (κ1) is 9.17. The van der Waals surface area contributed by atoms with E-state index >= 15 is 0 Å². The van der Waals surface area contributed by atoms with Gasteiger partial charge in [0.25, 0.3) is 0 Å². The largest absolute Gasteiger partial charge is 0.303 e. The molecule has 0 saturated carbocycles. The van der Waals surface area contributed by atoms with Gasteiger partial charge in [0.2, 0.25) is 0 Å². The molecule has 1 aliphatic rings. The van der Waals surface area contributed by atoms with Gasteiger partial charge in [-0.25, -0.2) is 0 Å². The third kappa shape index (κ3) is 1.63. The van der Waals surface area contributed by atoms with Crippen LogP contribution in [0.15, 0.2) is 12.2 Å². The summed E-state index contributed by atoms with van der Waals surface area (Å²) in [6, 6.07) is 0. The molecule has 0 heterocycles. The van der Waals surface area contributed by atoms with Crippen molar-refractivity contribution < 1.29 is 9.59 Å². The van der Waals surface area contributed by atoms with Crippen molar-refractivity contribution in [1.82, 2.24) is 0 Å². The molecule has 0 amide bonds. The minimum atomic E-state index is -0.310. The van der Waals surface area contributed by atoms with Gasteiger partial charge in [-0.15, -0.1) is 0 Å². The van der Waals surface area contributed by atoms with E-state index in [1.807, 2.05) is 13.0 Å². The van der Waals surface area contributed by atoms with Crippen molar-refractivity contribution in [3.05, 3.63) is 12.2 Å².